The number of hydrogen-bond donors (Lipinski definition) is 2. The molecule has 4 aromatic heterocycles. The molecule has 0 atom stereocenters. The van der Waals surface area contributed by atoms with Crippen molar-refractivity contribution in [3.63, 3.8) is 0 Å². The van der Waals surface area contributed by atoms with Crippen LogP contribution in [0.1, 0.15) is 17.5 Å². The molecule has 0 saturated carbocycles. The highest BCUT2D eigenvalue weighted by molar-refractivity contribution is 14.1. The number of nitrogens with one attached hydrogen (secondary N) is 2. The standard InChI is InChI=1S/C23H31IN6O4.C22H29IN6O4/c1-27-20-19(21(31)29(23(27)32)12-13-34-15-14-33-2)30(16-17-6-3-4-7-18(17)24)22(26-20)28-10-5-8-25-9-11-28;1-26-19-18(20(30)28(22(26)31)11-12-33-14-13-32-2)29(15-16-5-3-4-6-17(16)23)21(25-19)27-9-7-24-8-10-27/h3-4,6-7,25H,5,8-16H2,1-2H3;3-6,24H,7-15H2,1-2H3. The van der Waals surface area contributed by atoms with Gasteiger partial charge in [0.2, 0.25) is 11.9 Å². The van der Waals surface area contributed by atoms with Crippen LogP contribution in [0.4, 0.5) is 11.9 Å². The summed E-state index contributed by atoms with van der Waals surface area (Å²) in [4.78, 5) is 67.3. The lowest BCUT2D eigenvalue weighted by atomic mass is 10.2. The molecule has 2 N–H and O–H groups in total. The van der Waals surface area contributed by atoms with Crippen molar-refractivity contribution in [1.29, 1.82) is 0 Å². The summed E-state index contributed by atoms with van der Waals surface area (Å²) in [5.41, 5.74) is 2.40. The van der Waals surface area contributed by atoms with Crippen molar-refractivity contribution in [3.8, 4) is 0 Å². The summed E-state index contributed by atoms with van der Waals surface area (Å²) < 4.78 is 32.6. The molecule has 8 rings (SSSR count). The van der Waals surface area contributed by atoms with Gasteiger partial charge in [0.05, 0.1) is 65.8 Å². The summed E-state index contributed by atoms with van der Waals surface area (Å²) in [6.07, 6.45) is 0.980. The molecular formula is C45H60I2N12O8. The van der Waals surface area contributed by atoms with E-state index in [4.69, 9.17) is 28.9 Å². The molecule has 22 heteroatoms. The molecule has 2 aromatic carbocycles. The monoisotopic (exact) mass is 1150 g/mol. The van der Waals surface area contributed by atoms with Crippen LogP contribution >= 0.6 is 45.2 Å². The van der Waals surface area contributed by atoms with Crippen molar-refractivity contribution in [2.45, 2.75) is 32.6 Å². The van der Waals surface area contributed by atoms with Gasteiger partial charge in [0, 0.05) is 81.3 Å². The molecule has 0 unspecified atom stereocenters. The number of halogens is 2. The van der Waals surface area contributed by atoms with E-state index in [2.05, 4.69) is 83.8 Å². The zero-order chi connectivity index (χ0) is 47.5. The summed E-state index contributed by atoms with van der Waals surface area (Å²) in [5, 5.41) is 6.77. The molecule has 0 amide bonds. The molecule has 20 nitrogen and oxygen atoms in total. The van der Waals surface area contributed by atoms with E-state index in [9.17, 15) is 19.2 Å². The van der Waals surface area contributed by atoms with Gasteiger partial charge in [-0.05, 0) is 81.4 Å². The van der Waals surface area contributed by atoms with Gasteiger partial charge in [0.1, 0.15) is 0 Å². The maximum atomic E-state index is 13.7. The molecule has 0 bridgehead atoms. The Morgan fingerprint density at radius 1 is 0.552 bits per heavy atom. The van der Waals surface area contributed by atoms with E-state index in [1.165, 1.54) is 18.3 Å². The molecule has 2 aliphatic rings. The first-order valence-corrected chi connectivity index (χ1v) is 24.6. The van der Waals surface area contributed by atoms with E-state index in [1.54, 1.807) is 28.3 Å². The number of benzene rings is 2. The molecule has 2 aliphatic heterocycles. The van der Waals surface area contributed by atoms with Gasteiger partial charge >= 0.3 is 11.4 Å². The number of fused-ring (bicyclic) bond motifs is 2. The topological polar surface area (TPSA) is 191 Å². The third-order valence-electron chi connectivity index (χ3n) is 11.8. The van der Waals surface area contributed by atoms with Crippen LogP contribution in [0.15, 0.2) is 67.7 Å². The van der Waals surface area contributed by atoms with Crippen LogP contribution in [-0.2, 0) is 59.2 Å². The second-order valence-electron chi connectivity index (χ2n) is 16.2. The van der Waals surface area contributed by atoms with Crippen molar-refractivity contribution in [2.24, 2.45) is 14.1 Å². The third-order valence-corrected chi connectivity index (χ3v) is 13.9. The molecule has 6 heterocycles. The molecule has 2 saturated heterocycles. The zero-order valence-electron chi connectivity index (χ0n) is 38.5. The van der Waals surface area contributed by atoms with E-state index >= 15 is 0 Å². The van der Waals surface area contributed by atoms with E-state index in [-0.39, 0.29) is 37.4 Å². The maximum Gasteiger partial charge on any atom is 0.332 e. The van der Waals surface area contributed by atoms with Crippen molar-refractivity contribution in [2.75, 3.05) is 116 Å². The van der Waals surface area contributed by atoms with E-state index < -0.39 is 11.4 Å². The van der Waals surface area contributed by atoms with Gasteiger partial charge in [-0.1, -0.05) is 36.4 Å². The first kappa shape index (κ1) is 50.4. The van der Waals surface area contributed by atoms with Crippen LogP contribution in [-0.4, -0.2) is 144 Å². The molecule has 67 heavy (non-hydrogen) atoms. The molecule has 0 aliphatic carbocycles. The average molecular weight is 1150 g/mol. The third kappa shape index (κ3) is 11.7. The fourth-order valence-electron chi connectivity index (χ4n) is 8.20. The fourth-order valence-corrected chi connectivity index (χ4v) is 9.32. The Balaban J connectivity index is 0.000000199. The largest absolute Gasteiger partial charge is 0.382 e. The number of anilines is 2. The molecular weight excluding hydrogens is 1090 g/mol. The quantitative estimate of drug-likeness (QED) is 0.0934. The summed E-state index contributed by atoms with van der Waals surface area (Å²) in [7, 11) is 6.54. The maximum absolute atomic E-state index is 13.7. The highest BCUT2D eigenvalue weighted by Gasteiger charge is 2.27. The van der Waals surface area contributed by atoms with Crippen molar-refractivity contribution in [1.82, 2.24) is 48.0 Å². The zero-order valence-corrected chi connectivity index (χ0v) is 42.9. The Hall–Kier alpha value is -4.44. The van der Waals surface area contributed by atoms with Gasteiger partial charge in [-0.2, -0.15) is 9.97 Å². The van der Waals surface area contributed by atoms with Crippen molar-refractivity contribution >= 4 is 79.4 Å². The SMILES string of the molecule is COCCOCCn1c(=O)c2c(nc(N3CCCNCC3)n2Cc2ccccc2I)n(C)c1=O.COCCOCCn1c(=O)c2c(nc(N3CCNCC3)n2Cc2ccccc2I)n(C)c1=O. The van der Waals surface area contributed by atoms with Crippen molar-refractivity contribution < 1.29 is 18.9 Å². The lowest BCUT2D eigenvalue weighted by Crippen LogP contribution is -2.44. The number of ether oxygens (including phenoxy) is 4. The number of rotatable bonds is 18. The average Bonchev–Trinajstić information content (AvgIpc) is 3.78. The minimum absolute atomic E-state index is 0.169. The first-order chi connectivity index (χ1) is 32.5. The summed E-state index contributed by atoms with van der Waals surface area (Å²) in [6.45, 7) is 10.2. The Kier molecular flexibility index (Phi) is 18.2. The number of nitrogens with zero attached hydrogens (tertiary/aromatic N) is 10. The first-order valence-electron chi connectivity index (χ1n) is 22.5. The van der Waals surface area contributed by atoms with Crippen molar-refractivity contribution in [3.05, 3.63) is 108 Å². The smallest absolute Gasteiger partial charge is 0.332 e. The number of hydrogen-bond acceptors (Lipinski definition) is 14. The van der Waals surface area contributed by atoms with Gasteiger partial charge in [-0.3, -0.25) is 37.0 Å². The summed E-state index contributed by atoms with van der Waals surface area (Å²) in [5.74, 6) is 1.44. The van der Waals surface area contributed by atoms with Crippen LogP contribution in [0.25, 0.3) is 22.3 Å². The molecule has 6 aromatic rings. The van der Waals surface area contributed by atoms with E-state index in [1.807, 2.05) is 39.5 Å². The van der Waals surface area contributed by atoms with E-state index in [0.717, 1.165) is 83.0 Å². The van der Waals surface area contributed by atoms with Gasteiger partial charge in [-0.15, -0.1) is 0 Å². The second-order valence-corrected chi connectivity index (χ2v) is 18.5. The summed E-state index contributed by atoms with van der Waals surface area (Å²) in [6, 6.07) is 16.2. The Bertz CT molecular complexity index is 2860. The van der Waals surface area contributed by atoms with Crippen LogP contribution < -0.4 is 42.9 Å². The number of aromatic nitrogens is 8. The minimum atomic E-state index is -0.395. The lowest BCUT2D eigenvalue weighted by molar-refractivity contribution is 0.0657. The number of methoxy groups -OCH3 is 2. The number of piperazine rings is 1. The number of imidazole rings is 2. The van der Waals surface area contributed by atoms with Crippen LogP contribution in [0.3, 0.4) is 0 Å². The lowest BCUT2D eigenvalue weighted by Gasteiger charge is -2.28. The fraction of sp³-hybridized carbons (Fsp3) is 0.511. The van der Waals surface area contributed by atoms with Crippen LogP contribution in [0.5, 0.6) is 0 Å². The molecule has 2 fully saturated rings. The normalized spacial score (nSPS) is 14.5. The highest BCUT2D eigenvalue weighted by Crippen LogP contribution is 2.25. The summed E-state index contributed by atoms with van der Waals surface area (Å²) >= 11 is 4.62. The molecule has 362 valence electrons. The van der Waals surface area contributed by atoms with E-state index in [0.29, 0.717) is 67.8 Å². The molecule has 0 spiro atoms. The van der Waals surface area contributed by atoms with Gasteiger partial charge in [-0.25, -0.2) is 9.59 Å². The van der Waals surface area contributed by atoms with Gasteiger partial charge in [0.15, 0.2) is 22.3 Å². The molecule has 0 radical (unpaired) electrons. The predicted octanol–water partition coefficient (Wildman–Crippen LogP) is 1.63. The Morgan fingerprint density at radius 3 is 1.40 bits per heavy atom. The number of aryl methyl sites for hydroxylation is 2. The van der Waals surface area contributed by atoms with Crippen LogP contribution in [0, 0.1) is 7.14 Å². The van der Waals surface area contributed by atoms with Gasteiger partial charge < -0.3 is 39.4 Å². The Morgan fingerprint density at radius 2 is 0.970 bits per heavy atom. The Labute approximate surface area is 415 Å². The minimum Gasteiger partial charge on any atom is -0.382 e. The van der Waals surface area contributed by atoms with Gasteiger partial charge in [0.25, 0.3) is 11.1 Å². The van der Waals surface area contributed by atoms with Crippen LogP contribution in [0.2, 0.25) is 0 Å². The predicted molar refractivity (Wildman–Crippen MR) is 275 cm³/mol. The second kappa shape index (κ2) is 24.2. The highest BCUT2D eigenvalue weighted by atomic mass is 127.